The average molecular weight is 480 g/mol. The first-order valence-electron chi connectivity index (χ1n) is 10.3. The van der Waals surface area contributed by atoms with Crippen molar-refractivity contribution < 1.29 is 19.1 Å². The molecule has 2 atom stereocenters. The standard InChI is InChI=1S/C25H22BrNO4/c1-30-19-12-17-18(13-20(19)31-2)25(29)27(11-5-10-26)23-16-9-8-14-6-3-4-7-15(14)21(16)24(28)22(17)23/h3-4,6-9,12-13,22-23H,5,10-11H2,1-2H3/t22-,23-/m1/s1. The highest BCUT2D eigenvalue weighted by molar-refractivity contribution is 9.09. The van der Waals surface area contributed by atoms with Crippen LogP contribution in [-0.2, 0) is 0 Å². The minimum absolute atomic E-state index is 0.0570. The summed E-state index contributed by atoms with van der Waals surface area (Å²) in [4.78, 5) is 29.3. The second-order valence-electron chi connectivity index (χ2n) is 7.87. The van der Waals surface area contributed by atoms with Crippen LogP contribution in [-0.4, -0.2) is 42.7 Å². The highest BCUT2D eigenvalue weighted by Crippen LogP contribution is 2.53. The fraction of sp³-hybridized carbons (Fsp3) is 0.280. The van der Waals surface area contributed by atoms with Crippen molar-refractivity contribution in [3.8, 4) is 11.5 Å². The maximum Gasteiger partial charge on any atom is 0.254 e. The Hall–Kier alpha value is -2.86. The largest absolute Gasteiger partial charge is 0.493 e. The van der Waals surface area contributed by atoms with Crippen LogP contribution < -0.4 is 9.47 Å². The summed E-state index contributed by atoms with van der Waals surface area (Å²) in [5, 5.41) is 2.75. The zero-order valence-electron chi connectivity index (χ0n) is 17.4. The number of ether oxygens (including phenoxy) is 2. The number of fused-ring (bicyclic) bond motifs is 7. The number of hydrogen-bond acceptors (Lipinski definition) is 4. The van der Waals surface area contributed by atoms with Crippen molar-refractivity contribution in [2.24, 2.45) is 0 Å². The van der Waals surface area contributed by atoms with E-state index in [2.05, 4.69) is 15.9 Å². The van der Waals surface area contributed by atoms with Crippen molar-refractivity contribution in [2.75, 3.05) is 26.1 Å². The average Bonchev–Trinajstić information content (AvgIpc) is 3.11. The molecular weight excluding hydrogens is 458 g/mol. The van der Waals surface area contributed by atoms with Crippen molar-refractivity contribution >= 4 is 38.4 Å². The van der Waals surface area contributed by atoms with E-state index >= 15 is 0 Å². The van der Waals surface area contributed by atoms with Gasteiger partial charge in [0, 0.05) is 23.0 Å². The number of Topliss-reactive ketones (excluding diaryl/α,β-unsaturated/α-hetero) is 1. The van der Waals surface area contributed by atoms with Crippen molar-refractivity contribution in [2.45, 2.75) is 18.4 Å². The third-order valence-corrected chi connectivity index (χ3v) is 6.94. The predicted octanol–water partition coefficient (Wildman–Crippen LogP) is 5.12. The lowest BCUT2D eigenvalue weighted by atomic mass is 9.82. The Balaban J connectivity index is 1.77. The number of alkyl halides is 1. The molecule has 0 N–H and O–H groups in total. The highest BCUT2D eigenvalue weighted by Gasteiger charge is 2.50. The monoisotopic (exact) mass is 479 g/mol. The first kappa shape index (κ1) is 20.1. The zero-order valence-corrected chi connectivity index (χ0v) is 18.9. The van der Waals surface area contributed by atoms with Crippen LogP contribution in [0, 0.1) is 0 Å². The molecule has 3 aromatic carbocycles. The number of nitrogens with zero attached hydrogens (tertiary/aromatic N) is 1. The van der Waals surface area contributed by atoms with E-state index in [1.807, 2.05) is 41.3 Å². The molecule has 2 aliphatic rings. The van der Waals surface area contributed by atoms with E-state index in [0.717, 1.165) is 33.7 Å². The smallest absolute Gasteiger partial charge is 0.254 e. The van der Waals surface area contributed by atoms with Gasteiger partial charge in [-0.1, -0.05) is 52.3 Å². The Labute approximate surface area is 189 Å². The summed E-state index contributed by atoms with van der Waals surface area (Å²) < 4.78 is 10.9. The van der Waals surface area contributed by atoms with Gasteiger partial charge in [0.15, 0.2) is 17.3 Å². The Morgan fingerprint density at radius 1 is 0.968 bits per heavy atom. The molecular formula is C25H22BrNO4. The number of halogens is 1. The summed E-state index contributed by atoms with van der Waals surface area (Å²) in [6, 6.07) is 15.2. The van der Waals surface area contributed by atoms with Gasteiger partial charge in [-0.05, 0) is 40.5 Å². The maximum absolute atomic E-state index is 13.9. The van der Waals surface area contributed by atoms with E-state index < -0.39 is 5.92 Å². The van der Waals surface area contributed by atoms with E-state index in [4.69, 9.17) is 9.47 Å². The van der Waals surface area contributed by atoms with Crippen molar-refractivity contribution in [1.29, 1.82) is 0 Å². The molecule has 0 unspecified atom stereocenters. The van der Waals surface area contributed by atoms with Gasteiger partial charge < -0.3 is 14.4 Å². The second kappa shape index (κ2) is 7.68. The summed E-state index contributed by atoms with van der Waals surface area (Å²) in [6.07, 6.45) is 0.800. The van der Waals surface area contributed by atoms with Gasteiger partial charge in [-0.2, -0.15) is 0 Å². The molecule has 1 aliphatic heterocycles. The van der Waals surface area contributed by atoms with Crippen molar-refractivity contribution in [3.05, 3.63) is 70.8 Å². The predicted molar refractivity (Wildman–Crippen MR) is 123 cm³/mol. The van der Waals surface area contributed by atoms with Gasteiger partial charge >= 0.3 is 0 Å². The van der Waals surface area contributed by atoms with Crippen LogP contribution >= 0.6 is 15.9 Å². The molecule has 1 amide bonds. The van der Waals surface area contributed by atoms with Crippen LogP contribution in [0.1, 0.15) is 50.2 Å². The molecule has 5 rings (SSSR count). The molecule has 158 valence electrons. The van der Waals surface area contributed by atoms with Crippen LogP contribution in [0.15, 0.2) is 48.5 Å². The van der Waals surface area contributed by atoms with E-state index in [9.17, 15) is 9.59 Å². The van der Waals surface area contributed by atoms with E-state index in [1.165, 1.54) is 0 Å². The molecule has 31 heavy (non-hydrogen) atoms. The minimum Gasteiger partial charge on any atom is -0.493 e. The molecule has 0 spiro atoms. The van der Waals surface area contributed by atoms with Gasteiger partial charge in [-0.15, -0.1) is 0 Å². The van der Waals surface area contributed by atoms with Crippen molar-refractivity contribution in [3.63, 3.8) is 0 Å². The molecule has 1 heterocycles. The van der Waals surface area contributed by atoms with Gasteiger partial charge in [-0.25, -0.2) is 0 Å². The molecule has 1 aliphatic carbocycles. The molecule has 0 saturated heterocycles. The topological polar surface area (TPSA) is 55.8 Å². The molecule has 0 aromatic heterocycles. The second-order valence-corrected chi connectivity index (χ2v) is 8.67. The van der Waals surface area contributed by atoms with E-state index in [-0.39, 0.29) is 17.7 Å². The van der Waals surface area contributed by atoms with Gasteiger partial charge in [0.2, 0.25) is 0 Å². The number of carbonyl (C=O) groups excluding carboxylic acids is 2. The molecule has 0 fully saturated rings. The molecule has 5 nitrogen and oxygen atoms in total. The Kier molecular flexibility index (Phi) is 4.97. The summed E-state index contributed by atoms with van der Waals surface area (Å²) in [5.41, 5.74) is 2.89. The number of ketones is 1. The highest BCUT2D eigenvalue weighted by atomic mass is 79.9. The molecule has 0 saturated carbocycles. The number of amides is 1. The van der Waals surface area contributed by atoms with Gasteiger partial charge in [0.1, 0.15) is 0 Å². The zero-order chi connectivity index (χ0) is 21.7. The first-order valence-corrected chi connectivity index (χ1v) is 11.4. The summed E-state index contributed by atoms with van der Waals surface area (Å²) >= 11 is 3.48. The number of carbonyl (C=O) groups is 2. The number of methoxy groups -OCH3 is 2. The van der Waals surface area contributed by atoms with E-state index in [0.29, 0.717) is 29.2 Å². The summed E-state index contributed by atoms with van der Waals surface area (Å²) in [6.45, 7) is 0.568. The normalized spacial score (nSPS) is 19.3. The lowest BCUT2D eigenvalue weighted by molar-refractivity contribution is 0.0608. The fourth-order valence-electron chi connectivity index (χ4n) is 5.04. The van der Waals surface area contributed by atoms with Crippen LogP contribution in [0.5, 0.6) is 11.5 Å². The summed E-state index contributed by atoms with van der Waals surface area (Å²) in [5.74, 6) is 0.537. The SMILES string of the molecule is COc1cc2c(cc1OC)[C@H]1C(=O)c3c(ccc4ccccc34)[C@H]1N(CCCBr)C2=O. The van der Waals surface area contributed by atoms with Crippen LogP contribution in [0.25, 0.3) is 10.8 Å². The van der Waals surface area contributed by atoms with Gasteiger partial charge in [0.05, 0.1) is 26.2 Å². The molecule has 3 aromatic rings. The lowest BCUT2D eigenvalue weighted by Gasteiger charge is -2.38. The number of benzene rings is 3. The molecule has 0 bridgehead atoms. The van der Waals surface area contributed by atoms with Crippen molar-refractivity contribution in [1.82, 2.24) is 4.90 Å². The number of rotatable bonds is 5. The maximum atomic E-state index is 13.9. The third kappa shape index (κ3) is 2.88. The van der Waals surface area contributed by atoms with E-state index in [1.54, 1.807) is 26.4 Å². The quantitative estimate of drug-likeness (QED) is 0.476. The number of hydrogen-bond donors (Lipinski definition) is 0. The van der Waals surface area contributed by atoms with Crippen LogP contribution in [0.4, 0.5) is 0 Å². The Bertz CT molecular complexity index is 1220. The molecule has 6 heteroatoms. The Morgan fingerprint density at radius 3 is 2.45 bits per heavy atom. The van der Waals surface area contributed by atoms with Gasteiger partial charge in [0.25, 0.3) is 5.91 Å². The molecule has 0 radical (unpaired) electrons. The van der Waals surface area contributed by atoms with Gasteiger partial charge in [-0.3, -0.25) is 9.59 Å². The lowest BCUT2D eigenvalue weighted by Crippen LogP contribution is -2.42. The third-order valence-electron chi connectivity index (χ3n) is 6.37. The fourth-order valence-corrected chi connectivity index (χ4v) is 5.29. The van der Waals surface area contributed by atoms with Crippen LogP contribution in [0.2, 0.25) is 0 Å². The summed E-state index contributed by atoms with van der Waals surface area (Å²) in [7, 11) is 3.11. The Morgan fingerprint density at radius 2 is 1.71 bits per heavy atom. The minimum atomic E-state index is -0.455. The van der Waals surface area contributed by atoms with Crippen LogP contribution in [0.3, 0.4) is 0 Å². The first-order chi connectivity index (χ1) is 15.1.